The number of aromatic nitrogens is 5. The van der Waals surface area contributed by atoms with Crippen molar-refractivity contribution in [3.05, 3.63) is 54.1 Å². The summed E-state index contributed by atoms with van der Waals surface area (Å²) in [6.45, 7) is 2.10. The number of carbonyl (C=O) groups excluding carboxylic acids is 1. The second kappa shape index (κ2) is 8.44. The first-order valence-electron chi connectivity index (χ1n) is 9.86. The second-order valence-electron chi connectivity index (χ2n) is 7.44. The van der Waals surface area contributed by atoms with Crippen molar-refractivity contribution in [1.82, 2.24) is 29.9 Å². The molecule has 1 aliphatic heterocycles. The first-order valence-corrected chi connectivity index (χ1v) is 9.86. The summed E-state index contributed by atoms with van der Waals surface area (Å²) in [4.78, 5) is 23.6. The van der Waals surface area contributed by atoms with Crippen LogP contribution in [-0.2, 0) is 6.18 Å². The van der Waals surface area contributed by atoms with E-state index in [4.69, 9.17) is 10.5 Å². The van der Waals surface area contributed by atoms with E-state index < -0.39 is 17.8 Å². The third-order valence-corrected chi connectivity index (χ3v) is 5.15. The molecule has 0 aliphatic carbocycles. The predicted molar refractivity (Wildman–Crippen MR) is 107 cm³/mol. The summed E-state index contributed by atoms with van der Waals surface area (Å²) >= 11 is 0. The van der Waals surface area contributed by atoms with Crippen molar-refractivity contribution in [3.63, 3.8) is 0 Å². The molecule has 1 aliphatic rings. The summed E-state index contributed by atoms with van der Waals surface area (Å²) in [6.07, 6.45) is 0.409. The van der Waals surface area contributed by atoms with E-state index in [0.29, 0.717) is 24.4 Å². The lowest BCUT2D eigenvalue weighted by atomic mass is 10.00. The van der Waals surface area contributed by atoms with Crippen molar-refractivity contribution in [2.24, 2.45) is 0 Å². The summed E-state index contributed by atoms with van der Waals surface area (Å²) in [7, 11) is 0. The van der Waals surface area contributed by atoms with Crippen LogP contribution in [0.4, 0.5) is 18.9 Å². The number of anilines is 1. The molecule has 9 nitrogen and oxygen atoms in total. The maximum absolute atomic E-state index is 13.4. The quantitative estimate of drug-likeness (QED) is 0.654. The average molecular weight is 447 g/mol. The van der Waals surface area contributed by atoms with Crippen LogP contribution in [0.15, 0.2) is 42.9 Å². The number of pyridine rings is 2. The van der Waals surface area contributed by atoms with Gasteiger partial charge in [0.05, 0.1) is 24.5 Å². The van der Waals surface area contributed by atoms with Crippen molar-refractivity contribution in [2.45, 2.75) is 38.1 Å². The molecule has 0 aromatic carbocycles. The van der Waals surface area contributed by atoms with Gasteiger partial charge in [-0.1, -0.05) is 0 Å². The van der Waals surface area contributed by atoms with E-state index in [-0.39, 0.29) is 30.1 Å². The monoisotopic (exact) mass is 447 g/mol. The standard InChI is InChI=1S/C20H20F3N7O2/c1-12-2-3-14(32-17-10-13(24)6-7-25-17)11-29(12)19(31)15-4-5-16(20(21,22)23)28-18(15)30-26-8-9-27-30/h4-10,12,14H,2-3,11H2,1H3,(H2,24,25)/t12-,14-/m1/s1. The van der Waals surface area contributed by atoms with Crippen LogP contribution in [0.3, 0.4) is 0 Å². The minimum Gasteiger partial charge on any atom is -0.472 e. The van der Waals surface area contributed by atoms with Gasteiger partial charge in [-0.2, -0.15) is 23.4 Å². The molecule has 2 N–H and O–H groups in total. The Labute approximate surface area is 181 Å². The van der Waals surface area contributed by atoms with E-state index in [0.717, 1.165) is 16.9 Å². The number of carbonyl (C=O) groups is 1. The fraction of sp³-hybridized carbons (Fsp3) is 0.350. The van der Waals surface area contributed by atoms with Crippen LogP contribution in [0.5, 0.6) is 5.88 Å². The minimum absolute atomic E-state index is 0.0382. The molecule has 0 bridgehead atoms. The highest BCUT2D eigenvalue weighted by atomic mass is 19.4. The molecule has 0 saturated carbocycles. The van der Waals surface area contributed by atoms with E-state index >= 15 is 0 Å². The molecule has 1 saturated heterocycles. The van der Waals surface area contributed by atoms with Crippen LogP contribution in [0, 0.1) is 0 Å². The van der Waals surface area contributed by atoms with Crippen LogP contribution in [0.1, 0.15) is 35.8 Å². The van der Waals surface area contributed by atoms with Crippen molar-refractivity contribution < 1.29 is 22.7 Å². The second-order valence-corrected chi connectivity index (χ2v) is 7.44. The smallest absolute Gasteiger partial charge is 0.433 e. The van der Waals surface area contributed by atoms with Gasteiger partial charge in [0.1, 0.15) is 11.8 Å². The lowest BCUT2D eigenvalue weighted by Gasteiger charge is -2.38. The number of rotatable bonds is 4. The molecular formula is C20H20F3N7O2. The summed E-state index contributed by atoms with van der Waals surface area (Å²) in [5.74, 6) is -0.433. The highest BCUT2D eigenvalue weighted by Crippen LogP contribution is 2.30. The Morgan fingerprint density at radius 2 is 1.91 bits per heavy atom. The van der Waals surface area contributed by atoms with Gasteiger partial charge in [0.15, 0.2) is 5.82 Å². The van der Waals surface area contributed by atoms with Crippen LogP contribution in [0.25, 0.3) is 5.82 Å². The van der Waals surface area contributed by atoms with Crippen molar-refractivity contribution in [3.8, 4) is 11.7 Å². The summed E-state index contributed by atoms with van der Waals surface area (Å²) in [6, 6.07) is 4.95. The lowest BCUT2D eigenvalue weighted by Crippen LogP contribution is -2.49. The molecule has 32 heavy (non-hydrogen) atoms. The van der Waals surface area contributed by atoms with Gasteiger partial charge in [-0.15, -0.1) is 4.80 Å². The van der Waals surface area contributed by atoms with Gasteiger partial charge >= 0.3 is 6.18 Å². The molecule has 168 valence electrons. The predicted octanol–water partition coefficient (Wildman–Crippen LogP) is 2.73. The molecule has 0 radical (unpaired) electrons. The molecule has 0 spiro atoms. The highest BCUT2D eigenvalue weighted by molar-refractivity contribution is 5.97. The van der Waals surface area contributed by atoms with E-state index in [9.17, 15) is 18.0 Å². The number of nitrogens with two attached hydrogens (primary N) is 1. The molecule has 1 amide bonds. The van der Waals surface area contributed by atoms with E-state index in [1.54, 1.807) is 17.0 Å². The molecule has 3 aromatic rings. The Hall–Kier alpha value is -3.70. The van der Waals surface area contributed by atoms with Gasteiger partial charge in [-0.3, -0.25) is 4.79 Å². The molecular weight excluding hydrogens is 427 g/mol. The third kappa shape index (κ3) is 4.48. The third-order valence-electron chi connectivity index (χ3n) is 5.15. The number of hydrogen-bond acceptors (Lipinski definition) is 7. The topological polar surface area (TPSA) is 112 Å². The first-order chi connectivity index (χ1) is 15.2. The average Bonchev–Trinajstić information content (AvgIpc) is 3.28. The van der Waals surface area contributed by atoms with E-state index in [2.05, 4.69) is 20.2 Å². The number of nitrogens with zero attached hydrogens (tertiary/aromatic N) is 6. The summed E-state index contributed by atoms with van der Waals surface area (Å²) in [5.41, 5.74) is 5.08. The zero-order chi connectivity index (χ0) is 22.9. The fourth-order valence-electron chi connectivity index (χ4n) is 3.52. The minimum atomic E-state index is -4.68. The van der Waals surface area contributed by atoms with Gasteiger partial charge in [-0.05, 0) is 38.0 Å². The maximum atomic E-state index is 13.4. The number of likely N-dealkylation sites (tertiary alicyclic amines) is 1. The van der Waals surface area contributed by atoms with Gasteiger partial charge in [0.25, 0.3) is 5.91 Å². The van der Waals surface area contributed by atoms with Crippen molar-refractivity contribution in [1.29, 1.82) is 0 Å². The molecule has 12 heteroatoms. The van der Waals surface area contributed by atoms with Gasteiger partial charge in [0, 0.05) is 24.0 Å². The zero-order valence-corrected chi connectivity index (χ0v) is 17.0. The van der Waals surface area contributed by atoms with Crippen molar-refractivity contribution in [2.75, 3.05) is 12.3 Å². The normalized spacial score (nSPS) is 19.1. The van der Waals surface area contributed by atoms with Crippen LogP contribution < -0.4 is 10.5 Å². The Morgan fingerprint density at radius 1 is 1.16 bits per heavy atom. The lowest BCUT2D eigenvalue weighted by molar-refractivity contribution is -0.141. The Bertz CT molecular complexity index is 1100. The molecule has 1 fully saturated rings. The SMILES string of the molecule is C[C@@H]1CC[C@@H](Oc2cc(N)ccn2)CN1C(=O)c1ccc(C(F)(F)F)nc1-n1nccn1. The van der Waals surface area contributed by atoms with Crippen LogP contribution >= 0.6 is 0 Å². The number of alkyl halides is 3. The van der Waals surface area contributed by atoms with Gasteiger partial charge in [0.2, 0.25) is 5.88 Å². The number of hydrogen-bond donors (Lipinski definition) is 1. The number of halogens is 3. The molecule has 0 unspecified atom stereocenters. The molecule has 3 aromatic heterocycles. The molecule has 4 heterocycles. The summed E-state index contributed by atoms with van der Waals surface area (Å²) in [5, 5.41) is 7.71. The maximum Gasteiger partial charge on any atom is 0.433 e. The number of amides is 1. The van der Waals surface area contributed by atoms with Crippen LogP contribution in [0.2, 0.25) is 0 Å². The molecule has 4 rings (SSSR count). The fourth-order valence-corrected chi connectivity index (χ4v) is 3.52. The molecule has 2 atom stereocenters. The zero-order valence-electron chi connectivity index (χ0n) is 17.0. The summed E-state index contributed by atoms with van der Waals surface area (Å²) < 4.78 is 45.5. The van der Waals surface area contributed by atoms with Crippen molar-refractivity contribution >= 4 is 11.6 Å². The Balaban J connectivity index is 1.62. The number of nitrogen functional groups attached to an aromatic ring is 1. The first kappa shape index (κ1) is 21.5. The van der Waals surface area contributed by atoms with E-state index in [1.807, 2.05) is 6.92 Å². The van der Waals surface area contributed by atoms with Gasteiger partial charge < -0.3 is 15.4 Å². The van der Waals surface area contributed by atoms with Crippen LogP contribution in [-0.4, -0.2) is 54.5 Å². The largest absolute Gasteiger partial charge is 0.472 e. The number of piperidine rings is 1. The number of ether oxygens (including phenoxy) is 1. The Morgan fingerprint density at radius 3 is 2.59 bits per heavy atom. The highest BCUT2D eigenvalue weighted by Gasteiger charge is 2.36. The van der Waals surface area contributed by atoms with E-state index in [1.165, 1.54) is 18.6 Å². The van der Waals surface area contributed by atoms with Gasteiger partial charge in [-0.25, -0.2) is 9.97 Å². The Kier molecular flexibility index (Phi) is 5.68.